The molecule has 0 aliphatic carbocycles. The number of aromatic amines is 1. The highest BCUT2D eigenvalue weighted by atomic mass is 127. The minimum atomic E-state index is -3.79. The number of amides is 1. The Morgan fingerprint density at radius 2 is 1.90 bits per heavy atom. The van der Waals surface area contributed by atoms with Gasteiger partial charge in [-0.2, -0.15) is 5.10 Å². The Hall–Kier alpha value is -2.73. The molecule has 0 fully saturated rings. The summed E-state index contributed by atoms with van der Waals surface area (Å²) in [6.45, 7) is 3.65. The van der Waals surface area contributed by atoms with Crippen molar-refractivity contribution in [3.8, 4) is 0 Å². The molecule has 0 atom stereocenters. The first-order chi connectivity index (χ1) is 13.8. The molecule has 4 rings (SSSR count). The van der Waals surface area contributed by atoms with E-state index in [2.05, 4.69) is 20.5 Å². The lowest BCUT2D eigenvalue weighted by molar-refractivity contribution is 0.102. The molecular formula is C19H16IN5O3S. The Morgan fingerprint density at radius 1 is 1.17 bits per heavy atom. The van der Waals surface area contributed by atoms with E-state index < -0.39 is 10.0 Å². The summed E-state index contributed by atoms with van der Waals surface area (Å²) in [5.41, 5.74) is 2.64. The van der Waals surface area contributed by atoms with E-state index in [0.29, 0.717) is 26.1 Å². The molecule has 0 radical (unpaired) electrons. The summed E-state index contributed by atoms with van der Waals surface area (Å²) in [4.78, 5) is 17.0. The highest BCUT2D eigenvalue weighted by Crippen LogP contribution is 2.27. The summed E-state index contributed by atoms with van der Waals surface area (Å²) in [7, 11) is -3.79. The molecule has 0 aliphatic rings. The van der Waals surface area contributed by atoms with Gasteiger partial charge < -0.3 is 5.32 Å². The third kappa shape index (κ3) is 3.42. The van der Waals surface area contributed by atoms with Crippen LogP contribution in [0.15, 0.2) is 53.6 Å². The average Bonchev–Trinajstić information content (AvgIpc) is 3.21. The van der Waals surface area contributed by atoms with Crippen molar-refractivity contribution in [1.82, 2.24) is 19.2 Å². The van der Waals surface area contributed by atoms with Gasteiger partial charge in [-0.05, 0) is 60.7 Å². The SMILES string of the molecule is Cc1[nH]nc(C(=O)Nc2cnc3c(c2)cc(I)n3S(=O)(=O)c2ccccc2)c1C. The fraction of sp³-hybridized carbons (Fsp3) is 0.105. The zero-order chi connectivity index (χ0) is 20.8. The van der Waals surface area contributed by atoms with Gasteiger partial charge in [-0.1, -0.05) is 18.2 Å². The number of pyridine rings is 1. The number of carbonyl (C=O) groups excluding carboxylic acids is 1. The van der Waals surface area contributed by atoms with E-state index in [-0.39, 0.29) is 10.8 Å². The number of H-pyrrole nitrogens is 1. The topological polar surface area (TPSA) is 110 Å². The maximum atomic E-state index is 13.1. The second-order valence-corrected chi connectivity index (χ2v) is 9.35. The monoisotopic (exact) mass is 521 g/mol. The number of hydrogen-bond donors (Lipinski definition) is 2. The van der Waals surface area contributed by atoms with Gasteiger partial charge in [0.25, 0.3) is 15.9 Å². The van der Waals surface area contributed by atoms with Crippen LogP contribution >= 0.6 is 22.6 Å². The van der Waals surface area contributed by atoms with Crippen molar-refractivity contribution in [2.45, 2.75) is 18.7 Å². The molecule has 0 unspecified atom stereocenters. The van der Waals surface area contributed by atoms with Gasteiger partial charge in [-0.25, -0.2) is 17.4 Å². The minimum absolute atomic E-state index is 0.180. The Kier molecular flexibility index (Phi) is 4.90. The number of hydrogen-bond acceptors (Lipinski definition) is 5. The van der Waals surface area contributed by atoms with Gasteiger partial charge in [0.15, 0.2) is 11.3 Å². The first-order valence-corrected chi connectivity index (χ1v) is 11.1. The van der Waals surface area contributed by atoms with Crippen LogP contribution in [0.1, 0.15) is 21.7 Å². The maximum absolute atomic E-state index is 13.1. The van der Waals surface area contributed by atoms with Crippen LogP contribution in [0.4, 0.5) is 5.69 Å². The predicted octanol–water partition coefficient (Wildman–Crippen LogP) is 3.47. The molecule has 4 aromatic rings. The summed E-state index contributed by atoms with van der Waals surface area (Å²) in [6, 6.07) is 11.6. The smallest absolute Gasteiger partial charge is 0.276 e. The molecule has 1 aromatic carbocycles. The van der Waals surface area contributed by atoms with Crippen LogP contribution in [0, 0.1) is 17.5 Å². The Labute approximate surface area is 180 Å². The molecule has 0 aliphatic heterocycles. The molecule has 3 heterocycles. The fourth-order valence-corrected chi connectivity index (χ4v) is 5.65. The largest absolute Gasteiger partial charge is 0.319 e. The van der Waals surface area contributed by atoms with E-state index in [0.717, 1.165) is 11.3 Å². The second-order valence-electron chi connectivity index (χ2n) is 6.46. The van der Waals surface area contributed by atoms with Gasteiger partial charge in [-0.15, -0.1) is 0 Å². The van der Waals surface area contributed by atoms with E-state index in [1.54, 1.807) is 42.5 Å². The lowest BCUT2D eigenvalue weighted by atomic mass is 10.2. The number of halogens is 1. The van der Waals surface area contributed by atoms with Crippen molar-refractivity contribution in [3.05, 3.63) is 69.3 Å². The van der Waals surface area contributed by atoms with E-state index in [1.807, 2.05) is 36.4 Å². The second kappa shape index (κ2) is 7.26. The van der Waals surface area contributed by atoms with Gasteiger partial charge in [0, 0.05) is 16.6 Å². The quantitative estimate of drug-likeness (QED) is 0.400. The van der Waals surface area contributed by atoms with Crippen molar-refractivity contribution in [2.75, 3.05) is 5.32 Å². The number of carbonyl (C=O) groups is 1. The van der Waals surface area contributed by atoms with E-state index in [1.165, 1.54) is 10.2 Å². The lowest BCUT2D eigenvalue weighted by Gasteiger charge is -2.09. The van der Waals surface area contributed by atoms with Crippen LogP contribution in [0.3, 0.4) is 0 Å². The standard InChI is InChI=1S/C19H16IN5O3S/c1-11-12(2)23-24-17(11)19(26)22-14-8-13-9-16(20)25(18(13)21-10-14)29(27,28)15-6-4-3-5-7-15/h3-10H,1-2H3,(H,22,26)(H,23,24). The molecule has 0 saturated carbocycles. The van der Waals surface area contributed by atoms with E-state index in [9.17, 15) is 13.2 Å². The summed E-state index contributed by atoms with van der Waals surface area (Å²) in [6.07, 6.45) is 1.43. The Morgan fingerprint density at radius 3 is 2.55 bits per heavy atom. The van der Waals surface area contributed by atoms with E-state index in [4.69, 9.17) is 0 Å². The maximum Gasteiger partial charge on any atom is 0.276 e. The zero-order valence-electron chi connectivity index (χ0n) is 15.5. The molecule has 8 nitrogen and oxygen atoms in total. The number of fused-ring (bicyclic) bond motifs is 1. The van der Waals surface area contributed by atoms with Crippen LogP contribution < -0.4 is 5.32 Å². The van der Waals surface area contributed by atoms with Crippen molar-refractivity contribution >= 4 is 55.2 Å². The summed E-state index contributed by atoms with van der Waals surface area (Å²) in [5.74, 6) is -0.362. The fourth-order valence-electron chi connectivity index (χ4n) is 2.93. The summed E-state index contributed by atoms with van der Waals surface area (Å²) in [5, 5.41) is 10.2. The van der Waals surface area contributed by atoms with Crippen LogP contribution in [0.5, 0.6) is 0 Å². The molecule has 29 heavy (non-hydrogen) atoms. The van der Waals surface area contributed by atoms with Gasteiger partial charge >= 0.3 is 0 Å². The molecule has 3 aromatic heterocycles. The molecule has 1 amide bonds. The van der Waals surface area contributed by atoms with Gasteiger partial charge in [0.1, 0.15) is 0 Å². The highest BCUT2D eigenvalue weighted by Gasteiger charge is 2.23. The number of nitrogens with one attached hydrogen (secondary N) is 2. The van der Waals surface area contributed by atoms with Gasteiger partial charge in [-0.3, -0.25) is 9.89 Å². The van der Waals surface area contributed by atoms with Gasteiger partial charge in [0.2, 0.25) is 0 Å². The summed E-state index contributed by atoms with van der Waals surface area (Å²) < 4.78 is 27.8. The van der Waals surface area contributed by atoms with Crippen LogP contribution in [-0.4, -0.2) is 33.5 Å². The molecule has 0 spiro atoms. The third-order valence-corrected chi connectivity index (χ3v) is 7.40. The number of benzene rings is 1. The molecule has 148 valence electrons. The molecule has 2 N–H and O–H groups in total. The van der Waals surface area contributed by atoms with Gasteiger partial charge in [0.05, 0.1) is 20.5 Å². The van der Waals surface area contributed by atoms with Crippen molar-refractivity contribution in [2.24, 2.45) is 0 Å². The van der Waals surface area contributed by atoms with Crippen molar-refractivity contribution in [1.29, 1.82) is 0 Å². The number of aromatic nitrogens is 4. The molecule has 0 saturated heterocycles. The van der Waals surface area contributed by atoms with E-state index >= 15 is 0 Å². The van der Waals surface area contributed by atoms with Crippen molar-refractivity contribution < 1.29 is 13.2 Å². The first-order valence-electron chi connectivity index (χ1n) is 8.59. The lowest BCUT2D eigenvalue weighted by Crippen LogP contribution is -2.15. The first kappa shape index (κ1) is 19.6. The van der Waals surface area contributed by atoms with Crippen LogP contribution in [0.2, 0.25) is 0 Å². The molecule has 10 heteroatoms. The van der Waals surface area contributed by atoms with Crippen molar-refractivity contribution in [3.63, 3.8) is 0 Å². The summed E-state index contributed by atoms with van der Waals surface area (Å²) >= 11 is 1.96. The minimum Gasteiger partial charge on any atom is -0.319 e. The Bertz CT molecular complexity index is 1340. The highest BCUT2D eigenvalue weighted by molar-refractivity contribution is 14.1. The normalized spacial score (nSPS) is 11.7. The molecule has 0 bridgehead atoms. The van der Waals surface area contributed by atoms with Crippen LogP contribution in [-0.2, 0) is 10.0 Å². The predicted molar refractivity (Wildman–Crippen MR) is 117 cm³/mol. The van der Waals surface area contributed by atoms with Crippen LogP contribution in [0.25, 0.3) is 11.0 Å². The number of rotatable bonds is 4. The number of anilines is 1. The zero-order valence-corrected chi connectivity index (χ0v) is 18.4. The molecular weight excluding hydrogens is 505 g/mol. The number of nitrogens with zero attached hydrogens (tertiary/aromatic N) is 3. The third-order valence-electron chi connectivity index (χ3n) is 4.56. The Balaban J connectivity index is 1.72. The average molecular weight is 521 g/mol. The number of aryl methyl sites for hydroxylation is 1.